The van der Waals surface area contributed by atoms with E-state index < -0.39 is 0 Å². The molecule has 0 fully saturated rings. The normalized spacial score (nSPS) is 10.7. The molecule has 0 radical (unpaired) electrons. The van der Waals surface area contributed by atoms with E-state index >= 15 is 0 Å². The number of halogens is 2. The average Bonchev–Trinajstić information content (AvgIpc) is 2.29. The zero-order chi connectivity index (χ0) is 11.8. The van der Waals surface area contributed by atoms with Crippen molar-refractivity contribution < 1.29 is 4.39 Å². The molecule has 0 bridgehead atoms. The Morgan fingerprint density at radius 1 is 1.19 bits per heavy atom. The molecule has 0 aliphatic rings. The zero-order valence-corrected chi connectivity index (χ0v) is 11.1. The highest BCUT2D eigenvalue weighted by atomic mass is 79.9. The van der Waals surface area contributed by atoms with Crippen LogP contribution < -0.4 is 10.6 Å². The minimum absolute atomic E-state index is 0.170. The Morgan fingerprint density at radius 2 is 1.94 bits per heavy atom. The molecule has 4 heteroatoms. The van der Waals surface area contributed by atoms with E-state index in [2.05, 4.69) is 33.5 Å². The van der Waals surface area contributed by atoms with Crippen LogP contribution in [0.2, 0.25) is 0 Å². The molecule has 2 nitrogen and oxygen atoms in total. The van der Waals surface area contributed by atoms with Gasteiger partial charge in [-0.3, -0.25) is 0 Å². The fourth-order valence-electron chi connectivity index (χ4n) is 1.39. The first kappa shape index (κ1) is 13.6. The number of benzene rings is 1. The Labute approximate surface area is 105 Å². The van der Waals surface area contributed by atoms with E-state index in [1.165, 1.54) is 0 Å². The van der Waals surface area contributed by atoms with Gasteiger partial charge in [0.05, 0.1) is 4.47 Å². The molecule has 0 saturated carbocycles. The summed E-state index contributed by atoms with van der Waals surface area (Å²) in [4.78, 5) is 0. The summed E-state index contributed by atoms with van der Waals surface area (Å²) in [5.41, 5.74) is 0.699. The first-order valence-corrected chi connectivity index (χ1v) is 6.39. The summed E-state index contributed by atoms with van der Waals surface area (Å²) in [7, 11) is 0. The highest BCUT2D eigenvalue weighted by Gasteiger charge is 2.04. The number of nitrogens with one attached hydrogen (secondary N) is 2. The lowest BCUT2D eigenvalue weighted by atomic mass is 10.2. The van der Waals surface area contributed by atoms with Crippen molar-refractivity contribution in [3.8, 4) is 0 Å². The highest BCUT2D eigenvalue weighted by molar-refractivity contribution is 9.10. The van der Waals surface area contributed by atoms with Crippen LogP contribution in [0.5, 0.6) is 0 Å². The third kappa shape index (κ3) is 4.60. The largest absolute Gasteiger partial charge is 0.315 e. The van der Waals surface area contributed by atoms with Crippen LogP contribution >= 0.6 is 15.9 Å². The summed E-state index contributed by atoms with van der Waals surface area (Å²) in [5.74, 6) is -0.170. The quantitative estimate of drug-likeness (QED) is 0.754. The number of hydrogen-bond acceptors (Lipinski definition) is 2. The summed E-state index contributed by atoms with van der Waals surface area (Å²) in [6, 6.07) is 5.35. The van der Waals surface area contributed by atoms with Crippen LogP contribution in [0.25, 0.3) is 0 Å². The first-order valence-electron chi connectivity index (χ1n) is 5.60. The second-order valence-corrected chi connectivity index (χ2v) is 4.49. The Morgan fingerprint density at radius 3 is 2.69 bits per heavy atom. The molecular weight excluding hydrogens is 271 g/mol. The Hall–Kier alpha value is -0.450. The molecule has 2 N–H and O–H groups in total. The molecule has 0 saturated heterocycles. The van der Waals surface area contributed by atoms with E-state index in [0.717, 1.165) is 26.1 Å². The van der Waals surface area contributed by atoms with Gasteiger partial charge in [0, 0.05) is 25.2 Å². The van der Waals surface area contributed by atoms with Crippen LogP contribution in [0.3, 0.4) is 0 Å². The van der Waals surface area contributed by atoms with Crippen molar-refractivity contribution in [3.63, 3.8) is 0 Å². The maximum absolute atomic E-state index is 13.5. The van der Waals surface area contributed by atoms with Crippen molar-refractivity contribution in [1.82, 2.24) is 10.6 Å². The Bertz CT molecular complexity index is 318. The van der Waals surface area contributed by atoms with Crippen LogP contribution in [0.4, 0.5) is 4.39 Å². The number of rotatable bonds is 7. The first-order chi connectivity index (χ1) is 7.75. The molecule has 16 heavy (non-hydrogen) atoms. The summed E-state index contributed by atoms with van der Waals surface area (Å²) in [6.45, 7) is 5.51. The number of hydrogen-bond donors (Lipinski definition) is 2. The molecule has 1 aromatic carbocycles. The Kier molecular flexibility index (Phi) is 6.61. The fourth-order valence-corrected chi connectivity index (χ4v) is 1.79. The van der Waals surface area contributed by atoms with Crippen LogP contribution in [-0.4, -0.2) is 19.6 Å². The van der Waals surface area contributed by atoms with Crippen molar-refractivity contribution in [3.05, 3.63) is 34.1 Å². The van der Waals surface area contributed by atoms with E-state index in [-0.39, 0.29) is 5.82 Å². The van der Waals surface area contributed by atoms with Crippen molar-refractivity contribution in [2.75, 3.05) is 19.6 Å². The van der Waals surface area contributed by atoms with Crippen molar-refractivity contribution in [2.24, 2.45) is 0 Å². The molecule has 0 amide bonds. The van der Waals surface area contributed by atoms with Gasteiger partial charge < -0.3 is 10.6 Å². The molecule has 0 spiro atoms. The molecule has 0 aliphatic heterocycles. The predicted molar refractivity (Wildman–Crippen MR) is 69.0 cm³/mol. The van der Waals surface area contributed by atoms with Crippen molar-refractivity contribution in [2.45, 2.75) is 19.9 Å². The lowest BCUT2D eigenvalue weighted by Crippen LogP contribution is -2.27. The minimum atomic E-state index is -0.170. The van der Waals surface area contributed by atoms with Crippen LogP contribution in [0.1, 0.15) is 18.9 Å². The average molecular weight is 289 g/mol. The van der Waals surface area contributed by atoms with Gasteiger partial charge in [-0.05, 0) is 35.0 Å². The second kappa shape index (κ2) is 7.76. The van der Waals surface area contributed by atoms with Crippen LogP contribution in [0.15, 0.2) is 22.7 Å². The van der Waals surface area contributed by atoms with Gasteiger partial charge >= 0.3 is 0 Å². The summed E-state index contributed by atoms with van der Waals surface area (Å²) >= 11 is 3.17. The van der Waals surface area contributed by atoms with Crippen LogP contribution in [0, 0.1) is 5.82 Å². The van der Waals surface area contributed by atoms with Gasteiger partial charge in [0.25, 0.3) is 0 Å². The SMILES string of the molecule is CCCNCCNCc1cccc(Br)c1F. The van der Waals surface area contributed by atoms with Gasteiger partial charge in [-0.15, -0.1) is 0 Å². The summed E-state index contributed by atoms with van der Waals surface area (Å²) < 4.78 is 14.1. The topological polar surface area (TPSA) is 24.1 Å². The molecule has 90 valence electrons. The summed E-state index contributed by atoms with van der Waals surface area (Å²) in [5, 5.41) is 6.49. The lowest BCUT2D eigenvalue weighted by molar-refractivity contribution is 0.569. The van der Waals surface area contributed by atoms with Gasteiger partial charge in [-0.2, -0.15) is 0 Å². The van der Waals surface area contributed by atoms with Crippen molar-refractivity contribution >= 4 is 15.9 Å². The van der Waals surface area contributed by atoms with Crippen LogP contribution in [-0.2, 0) is 6.54 Å². The Balaban J connectivity index is 2.24. The zero-order valence-electron chi connectivity index (χ0n) is 9.52. The monoisotopic (exact) mass is 288 g/mol. The molecule has 0 atom stereocenters. The minimum Gasteiger partial charge on any atom is -0.315 e. The van der Waals surface area contributed by atoms with Gasteiger partial charge in [-0.1, -0.05) is 19.1 Å². The molecule has 0 heterocycles. The molecular formula is C12H18BrFN2. The third-order valence-electron chi connectivity index (χ3n) is 2.25. The standard InChI is InChI=1S/C12H18BrFN2/c1-2-6-15-7-8-16-9-10-4-3-5-11(13)12(10)14/h3-5,15-16H,2,6-9H2,1H3. The smallest absolute Gasteiger partial charge is 0.141 e. The second-order valence-electron chi connectivity index (χ2n) is 3.64. The highest BCUT2D eigenvalue weighted by Crippen LogP contribution is 2.18. The van der Waals surface area contributed by atoms with Crippen molar-refractivity contribution in [1.29, 1.82) is 0 Å². The fraction of sp³-hybridized carbons (Fsp3) is 0.500. The molecule has 0 aromatic heterocycles. The lowest BCUT2D eigenvalue weighted by Gasteiger charge is -2.07. The third-order valence-corrected chi connectivity index (χ3v) is 2.86. The van der Waals surface area contributed by atoms with Gasteiger partial charge in [0.15, 0.2) is 0 Å². The van der Waals surface area contributed by atoms with E-state index in [9.17, 15) is 4.39 Å². The van der Waals surface area contributed by atoms with E-state index in [0.29, 0.717) is 16.6 Å². The van der Waals surface area contributed by atoms with E-state index in [1.807, 2.05) is 6.07 Å². The maximum atomic E-state index is 13.5. The molecule has 1 rings (SSSR count). The summed E-state index contributed by atoms with van der Waals surface area (Å²) in [6.07, 6.45) is 1.14. The van der Waals surface area contributed by atoms with Gasteiger partial charge in [0.1, 0.15) is 5.82 Å². The molecule has 0 aliphatic carbocycles. The van der Waals surface area contributed by atoms with Gasteiger partial charge in [-0.25, -0.2) is 4.39 Å². The van der Waals surface area contributed by atoms with Gasteiger partial charge in [0.2, 0.25) is 0 Å². The molecule has 0 unspecified atom stereocenters. The predicted octanol–water partition coefficient (Wildman–Crippen LogP) is 2.68. The van der Waals surface area contributed by atoms with E-state index in [4.69, 9.17) is 0 Å². The maximum Gasteiger partial charge on any atom is 0.141 e. The van der Waals surface area contributed by atoms with E-state index in [1.54, 1.807) is 12.1 Å². The molecule has 1 aromatic rings.